The maximum absolute atomic E-state index is 12.6. The number of carbonyl (C=O) groups excluding carboxylic acids is 4. The molecular weight excluding hydrogens is 374 g/mol. The quantitative estimate of drug-likeness (QED) is 0.527. The first-order chi connectivity index (χ1) is 13.9. The molecule has 3 fully saturated rings. The van der Waals surface area contributed by atoms with Crippen LogP contribution < -0.4 is 21.7 Å². The molecule has 29 heavy (non-hydrogen) atoms. The largest absolute Gasteiger partial charge is 0.329 e. The van der Waals surface area contributed by atoms with Crippen molar-refractivity contribution in [1.29, 1.82) is 0 Å². The summed E-state index contributed by atoms with van der Waals surface area (Å²) in [7, 11) is 0. The number of amides is 5. The van der Waals surface area contributed by atoms with Gasteiger partial charge in [-0.05, 0) is 55.4 Å². The van der Waals surface area contributed by atoms with Crippen molar-refractivity contribution in [3.8, 4) is 0 Å². The van der Waals surface area contributed by atoms with Gasteiger partial charge in [0.05, 0.1) is 12.5 Å². The third-order valence-corrected chi connectivity index (χ3v) is 6.22. The molecule has 1 saturated heterocycles. The van der Waals surface area contributed by atoms with Gasteiger partial charge in [0.25, 0.3) is 0 Å². The number of nitrogens with one attached hydrogen (secondary N) is 3. The molecule has 4 unspecified atom stereocenters. The molecule has 3 aliphatic rings. The van der Waals surface area contributed by atoms with Gasteiger partial charge in [-0.15, -0.1) is 0 Å². The molecule has 1 aliphatic heterocycles. The Bertz CT molecular complexity index is 822. The van der Waals surface area contributed by atoms with Gasteiger partial charge in [0.15, 0.2) is 0 Å². The normalized spacial score (nSPS) is 27.8. The summed E-state index contributed by atoms with van der Waals surface area (Å²) in [4.78, 5) is 48.7. The summed E-state index contributed by atoms with van der Waals surface area (Å²) in [5, 5.41) is 8.06. The zero-order valence-corrected chi connectivity index (χ0v) is 16.0. The van der Waals surface area contributed by atoms with Crippen LogP contribution in [0.3, 0.4) is 0 Å². The number of imide groups is 1. The lowest BCUT2D eigenvalue weighted by Crippen LogP contribution is -2.42. The van der Waals surface area contributed by atoms with Gasteiger partial charge in [-0.2, -0.15) is 0 Å². The van der Waals surface area contributed by atoms with Crippen LogP contribution in [0.2, 0.25) is 0 Å². The van der Waals surface area contributed by atoms with E-state index >= 15 is 0 Å². The van der Waals surface area contributed by atoms with Crippen molar-refractivity contribution >= 4 is 35.1 Å². The third kappa shape index (κ3) is 3.95. The topological polar surface area (TPSA) is 134 Å². The third-order valence-electron chi connectivity index (χ3n) is 6.22. The molecule has 5 N–H and O–H groups in total. The number of anilines is 2. The fourth-order valence-corrected chi connectivity index (χ4v) is 4.71. The Morgan fingerprint density at radius 3 is 2.31 bits per heavy atom. The molecule has 2 saturated carbocycles. The van der Waals surface area contributed by atoms with Crippen LogP contribution >= 0.6 is 0 Å². The zero-order valence-electron chi connectivity index (χ0n) is 16.0. The minimum Gasteiger partial charge on any atom is -0.329 e. The van der Waals surface area contributed by atoms with Gasteiger partial charge in [-0.25, -0.2) is 4.79 Å². The molecule has 0 radical (unpaired) electrons. The highest BCUT2D eigenvalue weighted by Crippen LogP contribution is 2.47. The van der Waals surface area contributed by atoms with Crippen LogP contribution in [0, 0.1) is 17.8 Å². The first kappa shape index (κ1) is 19.4. The van der Waals surface area contributed by atoms with Gasteiger partial charge in [-0.3, -0.25) is 19.3 Å². The molecule has 1 aromatic carbocycles. The second-order valence-electron chi connectivity index (χ2n) is 8.01. The molecular formula is C20H25N5O4. The number of nitrogens with two attached hydrogens (primary N) is 1. The highest BCUT2D eigenvalue weighted by atomic mass is 16.2. The van der Waals surface area contributed by atoms with Crippen molar-refractivity contribution in [2.45, 2.75) is 31.7 Å². The number of urea groups is 1. The van der Waals surface area contributed by atoms with Gasteiger partial charge >= 0.3 is 6.03 Å². The number of benzene rings is 1. The minimum atomic E-state index is -0.474. The second kappa shape index (κ2) is 7.82. The minimum absolute atomic E-state index is 0.0137. The maximum Gasteiger partial charge on any atom is 0.324 e. The molecule has 0 spiro atoms. The van der Waals surface area contributed by atoms with Gasteiger partial charge in [0.2, 0.25) is 17.7 Å². The van der Waals surface area contributed by atoms with Crippen molar-refractivity contribution < 1.29 is 19.2 Å². The van der Waals surface area contributed by atoms with E-state index in [1.165, 1.54) is 0 Å². The predicted octanol–water partition coefficient (Wildman–Crippen LogP) is 0.879. The molecule has 1 heterocycles. The lowest BCUT2D eigenvalue weighted by molar-refractivity contribution is -0.125. The molecule has 1 aromatic rings. The molecule has 2 aliphatic carbocycles. The summed E-state index contributed by atoms with van der Waals surface area (Å²) in [6, 6.07) is 6.31. The molecule has 0 aromatic heterocycles. The summed E-state index contributed by atoms with van der Waals surface area (Å²) in [5.74, 6) is 0.0578. The van der Waals surface area contributed by atoms with E-state index in [1.54, 1.807) is 24.3 Å². The fraction of sp³-hybridized carbons (Fsp3) is 0.500. The smallest absolute Gasteiger partial charge is 0.324 e. The first-order valence-electron chi connectivity index (χ1n) is 9.97. The Kier molecular flexibility index (Phi) is 5.23. The van der Waals surface area contributed by atoms with Crippen molar-refractivity contribution in [2.75, 3.05) is 23.7 Å². The molecule has 5 amide bonds. The highest BCUT2D eigenvalue weighted by molar-refractivity contribution is 6.02. The number of nitrogens with zero attached hydrogens (tertiary/aromatic N) is 1. The summed E-state index contributed by atoms with van der Waals surface area (Å²) < 4.78 is 0. The van der Waals surface area contributed by atoms with Crippen LogP contribution in [-0.2, 0) is 14.4 Å². The Morgan fingerprint density at radius 1 is 1.07 bits per heavy atom. The number of hydrogen-bond acceptors (Lipinski definition) is 5. The lowest BCUT2D eigenvalue weighted by atomic mass is 9.84. The van der Waals surface area contributed by atoms with E-state index in [2.05, 4.69) is 16.0 Å². The van der Waals surface area contributed by atoms with Crippen LogP contribution in [0.15, 0.2) is 24.3 Å². The molecule has 4 rings (SSSR count). The monoisotopic (exact) mass is 399 g/mol. The average molecular weight is 399 g/mol. The van der Waals surface area contributed by atoms with E-state index in [9.17, 15) is 19.2 Å². The van der Waals surface area contributed by atoms with Gasteiger partial charge in [-0.1, -0.05) is 0 Å². The summed E-state index contributed by atoms with van der Waals surface area (Å²) in [6.45, 7) is 0.00917. The Hall–Kier alpha value is -2.94. The molecule has 2 bridgehead atoms. The van der Waals surface area contributed by atoms with Gasteiger partial charge < -0.3 is 21.7 Å². The van der Waals surface area contributed by atoms with Crippen LogP contribution in [0.5, 0.6) is 0 Å². The van der Waals surface area contributed by atoms with E-state index < -0.39 is 6.03 Å². The summed E-state index contributed by atoms with van der Waals surface area (Å²) >= 11 is 0. The Balaban J connectivity index is 1.27. The SMILES string of the molecule is NC1C2CCC(C2)C1C(=O)Nc1ccc(NC(=O)CCN2C(=O)CNC2=O)cc1. The van der Waals surface area contributed by atoms with Crippen molar-refractivity contribution in [3.05, 3.63) is 24.3 Å². The standard InChI is InChI=1S/C20H25N5O4/c21-18-12-2-1-11(9-12)17(18)19(28)24-14-5-3-13(4-6-14)23-15(26)7-8-25-16(27)10-22-20(25)29/h3-6,11-12,17-18H,1-2,7-10,21H2,(H,22,29)(H,23,26)(H,24,28). The maximum atomic E-state index is 12.6. The number of hydrogen-bond donors (Lipinski definition) is 4. The number of fused-ring (bicyclic) bond motifs is 2. The Labute approximate surface area is 168 Å². The molecule has 154 valence electrons. The van der Waals surface area contributed by atoms with E-state index in [-0.39, 0.29) is 49.2 Å². The lowest BCUT2D eigenvalue weighted by Gasteiger charge is -2.27. The number of carbonyl (C=O) groups is 4. The second-order valence-corrected chi connectivity index (χ2v) is 8.01. The highest BCUT2D eigenvalue weighted by Gasteiger charge is 2.49. The van der Waals surface area contributed by atoms with Gasteiger partial charge in [0, 0.05) is 30.4 Å². The molecule has 9 heteroatoms. The first-order valence-corrected chi connectivity index (χ1v) is 9.97. The molecule has 4 atom stereocenters. The van der Waals surface area contributed by atoms with Crippen LogP contribution in [0.1, 0.15) is 25.7 Å². The van der Waals surface area contributed by atoms with E-state index in [0.29, 0.717) is 23.2 Å². The van der Waals surface area contributed by atoms with Gasteiger partial charge in [0.1, 0.15) is 0 Å². The predicted molar refractivity (Wildman–Crippen MR) is 106 cm³/mol. The summed E-state index contributed by atoms with van der Waals surface area (Å²) in [5.41, 5.74) is 7.46. The van der Waals surface area contributed by atoms with Crippen LogP contribution in [0.4, 0.5) is 16.2 Å². The van der Waals surface area contributed by atoms with Crippen molar-refractivity contribution in [3.63, 3.8) is 0 Å². The van der Waals surface area contributed by atoms with Crippen LogP contribution in [-0.4, -0.2) is 47.8 Å². The Morgan fingerprint density at radius 2 is 1.72 bits per heavy atom. The summed E-state index contributed by atoms with van der Waals surface area (Å²) in [6.07, 6.45) is 3.27. The van der Waals surface area contributed by atoms with Crippen molar-refractivity contribution in [1.82, 2.24) is 10.2 Å². The molecule has 9 nitrogen and oxygen atoms in total. The van der Waals surface area contributed by atoms with Crippen LogP contribution in [0.25, 0.3) is 0 Å². The zero-order chi connectivity index (χ0) is 20.5. The van der Waals surface area contributed by atoms with Crippen molar-refractivity contribution in [2.24, 2.45) is 23.5 Å². The van der Waals surface area contributed by atoms with E-state index in [4.69, 9.17) is 5.73 Å². The van der Waals surface area contributed by atoms with E-state index in [0.717, 1.165) is 24.2 Å². The average Bonchev–Trinajstić information content (AvgIpc) is 3.37. The fourth-order valence-electron chi connectivity index (χ4n) is 4.71. The number of rotatable bonds is 6. The van der Waals surface area contributed by atoms with E-state index in [1.807, 2.05) is 0 Å².